The summed E-state index contributed by atoms with van der Waals surface area (Å²) in [7, 11) is 0. The van der Waals surface area contributed by atoms with Gasteiger partial charge in [-0.1, -0.05) is 36.4 Å². The van der Waals surface area contributed by atoms with Gasteiger partial charge in [0, 0.05) is 17.3 Å². The Kier molecular flexibility index (Phi) is 3.46. The van der Waals surface area contributed by atoms with E-state index in [0.717, 1.165) is 29.6 Å². The predicted octanol–water partition coefficient (Wildman–Crippen LogP) is 2.99. The van der Waals surface area contributed by atoms with Gasteiger partial charge in [0.2, 0.25) is 0 Å². The molecule has 0 bridgehead atoms. The van der Waals surface area contributed by atoms with Crippen molar-refractivity contribution >= 4 is 16.6 Å². The van der Waals surface area contributed by atoms with Gasteiger partial charge in [-0.05, 0) is 24.1 Å². The summed E-state index contributed by atoms with van der Waals surface area (Å²) in [5.41, 5.74) is 1.17. The maximum atomic E-state index is 9.24. The van der Waals surface area contributed by atoms with Crippen LogP contribution >= 0.6 is 0 Å². The number of anilines is 1. The third-order valence-electron chi connectivity index (χ3n) is 3.21. The van der Waals surface area contributed by atoms with Gasteiger partial charge in [0.05, 0.1) is 6.20 Å². The topological polar surface area (TPSA) is 58.0 Å². The lowest BCUT2D eigenvalue weighted by Gasteiger charge is -2.07. The van der Waals surface area contributed by atoms with Gasteiger partial charge in [-0.2, -0.15) is 5.10 Å². The summed E-state index contributed by atoms with van der Waals surface area (Å²) in [6.07, 6.45) is 2.63. The van der Waals surface area contributed by atoms with Crippen molar-refractivity contribution in [2.45, 2.75) is 6.42 Å². The molecule has 0 aliphatic heterocycles. The second-order valence-electron chi connectivity index (χ2n) is 4.62. The number of phenols is 1. The molecule has 0 spiro atoms. The fraction of sp³-hybridized carbons (Fsp3) is 0.125. The van der Waals surface area contributed by atoms with Crippen LogP contribution in [0, 0.1) is 0 Å². The van der Waals surface area contributed by atoms with Gasteiger partial charge in [0.25, 0.3) is 0 Å². The molecule has 4 heteroatoms. The molecular formula is C16H15N3O. The Morgan fingerprint density at radius 2 is 1.80 bits per heavy atom. The summed E-state index contributed by atoms with van der Waals surface area (Å²) < 4.78 is 0. The van der Waals surface area contributed by atoms with Gasteiger partial charge in [0.1, 0.15) is 5.75 Å². The fourth-order valence-electron chi connectivity index (χ4n) is 2.15. The Labute approximate surface area is 117 Å². The molecule has 0 saturated carbocycles. The number of nitrogens with zero attached hydrogens (tertiary/aromatic N) is 2. The average Bonchev–Trinajstić information content (AvgIpc) is 2.49. The number of nitrogens with one attached hydrogen (secondary N) is 1. The summed E-state index contributed by atoms with van der Waals surface area (Å²) in [5, 5.41) is 22.9. The van der Waals surface area contributed by atoms with Crippen LogP contribution in [0.25, 0.3) is 10.8 Å². The van der Waals surface area contributed by atoms with Crippen LogP contribution in [0.1, 0.15) is 5.56 Å². The highest BCUT2D eigenvalue weighted by Gasteiger charge is 2.02. The van der Waals surface area contributed by atoms with Crippen molar-refractivity contribution in [2.75, 3.05) is 11.9 Å². The standard InChI is InChI=1S/C16H15N3O/c20-14-7-5-12(6-8-14)9-10-17-16-15-4-2-1-3-13(15)11-18-19-16/h1-8,11,20H,9-10H2,(H,17,19). The van der Waals surface area contributed by atoms with E-state index in [1.807, 2.05) is 36.4 Å². The first-order valence-corrected chi connectivity index (χ1v) is 6.55. The van der Waals surface area contributed by atoms with Crippen molar-refractivity contribution in [3.8, 4) is 5.75 Å². The highest BCUT2D eigenvalue weighted by atomic mass is 16.3. The van der Waals surface area contributed by atoms with Gasteiger partial charge in [-0.15, -0.1) is 5.10 Å². The van der Waals surface area contributed by atoms with Crippen LogP contribution in [0.3, 0.4) is 0 Å². The predicted molar refractivity (Wildman–Crippen MR) is 79.8 cm³/mol. The smallest absolute Gasteiger partial charge is 0.156 e. The van der Waals surface area contributed by atoms with Crippen molar-refractivity contribution in [1.29, 1.82) is 0 Å². The van der Waals surface area contributed by atoms with E-state index < -0.39 is 0 Å². The monoisotopic (exact) mass is 265 g/mol. The van der Waals surface area contributed by atoms with Crippen molar-refractivity contribution < 1.29 is 5.11 Å². The summed E-state index contributed by atoms with van der Waals surface area (Å²) in [6.45, 7) is 0.771. The third-order valence-corrected chi connectivity index (χ3v) is 3.21. The molecule has 0 fully saturated rings. The lowest BCUT2D eigenvalue weighted by atomic mass is 10.1. The molecule has 4 nitrogen and oxygen atoms in total. The molecule has 1 aromatic heterocycles. The van der Waals surface area contributed by atoms with Gasteiger partial charge in [-0.3, -0.25) is 0 Å². The van der Waals surface area contributed by atoms with Crippen LogP contribution < -0.4 is 5.32 Å². The van der Waals surface area contributed by atoms with E-state index >= 15 is 0 Å². The second-order valence-corrected chi connectivity index (χ2v) is 4.62. The summed E-state index contributed by atoms with van der Waals surface area (Å²) in [5.74, 6) is 1.10. The van der Waals surface area contributed by atoms with Crippen LogP contribution in [-0.2, 0) is 6.42 Å². The van der Waals surface area contributed by atoms with Crippen molar-refractivity contribution in [2.24, 2.45) is 0 Å². The Morgan fingerprint density at radius 3 is 2.65 bits per heavy atom. The minimum absolute atomic E-state index is 0.293. The lowest BCUT2D eigenvalue weighted by Crippen LogP contribution is -2.07. The molecule has 3 aromatic rings. The molecule has 100 valence electrons. The number of benzene rings is 2. The highest BCUT2D eigenvalue weighted by molar-refractivity contribution is 5.90. The molecule has 2 aromatic carbocycles. The van der Waals surface area contributed by atoms with Crippen LogP contribution in [-0.4, -0.2) is 21.8 Å². The molecule has 0 aliphatic rings. The van der Waals surface area contributed by atoms with Crippen LogP contribution in [0.5, 0.6) is 5.75 Å². The van der Waals surface area contributed by atoms with E-state index in [1.165, 1.54) is 5.56 Å². The van der Waals surface area contributed by atoms with Gasteiger partial charge < -0.3 is 10.4 Å². The van der Waals surface area contributed by atoms with E-state index in [-0.39, 0.29) is 0 Å². The summed E-state index contributed by atoms with van der Waals surface area (Å²) in [4.78, 5) is 0. The Bertz CT molecular complexity index is 705. The Morgan fingerprint density at radius 1 is 1.00 bits per heavy atom. The number of aromatic hydroxyl groups is 1. The van der Waals surface area contributed by atoms with Crippen molar-refractivity contribution in [1.82, 2.24) is 10.2 Å². The Balaban J connectivity index is 1.69. The average molecular weight is 265 g/mol. The zero-order chi connectivity index (χ0) is 13.8. The lowest BCUT2D eigenvalue weighted by molar-refractivity contribution is 0.475. The van der Waals surface area contributed by atoms with Crippen LogP contribution in [0.2, 0.25) is 0 Å². The zero-order valence-corrected chi connectivity index (χ0v) is 11.0. The maximum Gasteiger partial charge on any atom is 0.156 e. The molecule has 1 heterocycles. The third kappa shape index (κ3) is 2.69. The van der Waals surface area contributed by atoms with Crippen LogP contribution in [0.4, 0.5) is 5.82 Å². The van der Waals surface area contributed by atoms with Gasteiger partial charge >= 0.3 is 0 Å². The maximum absolute atomic E-state index is 9.24. The molecule has 3 rings (SSSR count). The van der Waals surface area contributed by atoms with Crippen molar-refractivity contribution in [3.63, 3.8) is 0 Å². The molecule has 0 radical (unpaired) electrons. The molecular weight excluding hydrogens is 250 g/mol. The minimum atomic E-state index is 0.293. The summed E-state index contributed by atoms with van der Waals surface area (Å²) >= 11 is 0. The molecule has 0 atom stereocenters. The number of aromatic nitrogens is 2. The normalized spacial score (nSPS) is 10.6. The zero-order valence-electron chi connectivity index (χ0n) is 11.0. The number of hydrogen-bond donors (Lipinski definition) is 2. The first-order valence-electron chi connectivity index (χ1n) is 6.55. The van der Waals surface area contributed by atoms with E-state index in [1.54, 1.807) is 18.3 Å². The second kappa shape index (κ2) is 5.57. The molecule has 2 N–H and O–H groups in total. The van der Waals surface area contributed by atoms with Gasteiger partial charge in [-0.25, -0.2) is 0 Å². The van der Waals surface area contributed by atoms with Crippen LogP contribution in [0.15, 0.2) is 54.7 Å². The number of rotatable bonds is 4. The van der Waals surface area contributed by atoms with E-state index in [0.29, 0.717) is 5.75 Å². The molecule has 0 saturated heterocycles. The highest BCUT2D eigenvalue weighted by Crippen LogP contribution is 2.19. The van der Waals surface area contributed by atoms with E-state index in [4.69, 9.17) is 0 Å². The van der Waals surface area contributed by atoms with E-state index in [2.05, 4.69) is 15.5 Å². The SMILES string of the molecule is Oc1ccc(CCNc2nncc3ccccc23)cc1. The Hall–Kier alpha value is -2.62. The largest absolute Gasteiger partial charge is 0.508 e. The summed E-state index contributed by atoms with van der Waals surface area (Å²) in [6, 6.07) is 15.3. The first-order chi connectivity index (χ1) is 9.83. The molecule has 0 unspecified atom stereocenters. The first kappa shape index (κ1) is 12.4. The molecule has 0 amide bonds. The quantitative estimate of drug-likeness (QED) is 0.761. The fourth-order valence-corrected chi connectivity index (χ4v) is 2.15. The number of phenolic OH excluding ortho intramolecular Hbond substituents is 1. The number of fused-ring (bicyclic) bond motifs is 1. The minimum Gasteiger partial charge on any atom is -0.508 e. The van der Waals surface area contributed by atoms with E-state index in [9.17, 15) is 5.11 Å². The number of hydrogen-bond acceptors (Lipinski definition) is 4. The van der Waals surface area contributed by atoms with Gasteiger partial charge in [0.15, 0.2) is 5.82 Å². The molecule has 20 heavy (non-hydrogen) atoms. The molecule has 0 aliphatic carbocycles. The van der Waals surface area contributed by atoms with Crippen molar-refractivity contribution in [3.05, 3.63) is 60.3 Å².